The van der Waals surface area contributed by atoms with Gasteiger partial charge < -0.3 is 10.3 Å². The van der Waals surface area contributed by atoms with Crippen LogP contribution in [0.15, 0.2) is 18.2 Å². The third kappa shape index (κ3) is 3.01. The molecule has 2 aromatic rings. The summed E-state index contributed by atoms with van der Waals surface area (Å²) in [6, 6.07) is 5.47. The highest BCUT2D eigenvalue weighted by molar-refractivity contribution is 6.31. The van der Waals surface area contributed by atoms with Crippen molar-refractivity contribution in [2.75, 3.05) is 5.88 Å². The number of hydrogen-bond donors (Lipinski definition) is 1. The van der Waals surface area contributed by atoms with Crippen molar-refractivity contribution in [2.24, 2.45) is 5.73 Å². The van der Waals surface area contributed by atoms with E-state index in [1.54, 1.807) is 0 Å². The van der Waals surface area contributed by atoms with Gasteiger partial charge in [0.1, 0.15) is 5.82 Å². The number of aryl methyl sites for hydroxylation is 1. The summed E-state index contributed by atoms with van der Waals surface area (Å²) in [5.74, 6) is 0.988. The average molecular weight is 300 g/mol. The van der Waals surface area contributed by atoms with Gasteiger partial charge in [0.2, 0.25) is 5.91 Å². The zero-order valence-electron chi connectivity index (χ0n) is 10.6. The first-order chi connectivity index (χ1) is 9.02. The van der Waals surface area contributed by atoms with Crippen LogP contribution in [0.1, 0.15) is 25.2 Å². The maximum atomic E-state index is 11.1. The molecule has 0 aliphatic rings. The molecule has 4 nitrogen and oxygen atoms in total. The molecule has 102 valence electrons. The Morgan fingerprint density at radius 3 is 2.89 bits per heavy atom. The molecule has 1 amide bonds. The van der Waals surface area contributed by atoms with E-state index >= 15 is 0 Å². The van der Waals surface area contributed by atoms with Crippen molar-refractivity contribution in [1.82, 2.24) is 9.55 Å². The highest BCUT2D eigenvalue weighted by Crippen LogP contribution is 2.25. The van der Waals surface area contributed by atoms with Gasteiger partial charge in [0.15, 0.2) is 0 Å². The van der Waals surface area contributed by atoms with Crippen LogP contribution in [-0.4, -0.2) is 21.3 Å². The molecule has 2 N–H and O–H groups in total. The second kappa shape index (κ2) is 5.80. The van der Waals surface area contributed by atoms with Gasteiger partial charge in [-0.2, -0.15) is 0 Å². The highest BCUT2D eigenvalue weighted by atomic mass is 35.5. The standard InChI is InChI=1S/C13H15Cl2N3O/c1-8(6-12(16)19)18-11-3-2-9(15)7-10(11)17-13(18)4-5-14/h2-3,7-8H,4-6H2,1H3,(H2,16,19). The van der Waals surface area contributed by atoms with Crippen molar-refractivity contribution in [3.63, 3.8) is 0 Å². The molecule has 0 saturated carbocycles. The Morgan fingerprint density at radius 2 is 2.26 bits per heavy atom. The Morgan fingerprint density at radius 1 is 1.53 bits per heavy atom. The number of fused-ring (bicyclic) bond motifs is 1. The van der Waals surface area contributed by atoms with Crippen LogP contribution in [0.5, 0.6) is 0 Å². The number of amides is 1. The maximum absolute atomic E-state index is 11.1. The summed E-state index contributed by atoms with van der Waals surface area (Å²) in [5, 5.41) is 0.636. The van der Waals surface area contributed by atoms with E-state index in [4.69, 9.17) is 28.9 Å². The Kier molecular flexibility index (Phi) is 4.32. The summed E-state index contributed by atoms with van der Waals surface area (Å²) in [6.07, 6.45) is 0.903. The average Bonchev–Trinajstić information content (AvgIpc) is 2.65. The lowest BCUT2D eigenvalue weighted by Gasteiger charge is -2.15. The first-order valence-corrected chi connectivity index (χ1v) is 6.94. The van der Waals surface area contributed by atoms with Crippen molar-refractivity contribution in [2.45, 2.75) is 25.8 Å². The van der Waals surface area contributed by atoms with E-state index in [1.165, 1.54) is 0 Å². The quantitative estimate of drug-likeness (QED) is 0.863. The van der Waals surface area contributed by atoms with E-state index in [0.717, 1.165) is 16.9 Å². The molecule has 0 fully saturated rings. The summed E-state index contributed by atoms with van der Waals surface area (Å²) in [5.41, 5.74) is 7.02. The van der Waals surface area contributed by atoms with Gasteiger partial charge in [0.25, 0.3) is 0 Å². The summed E-state index contributed by atoms with van der Waals surface area (Å²) in [4.78, 5) is 15.6. The van der Waals surface area contributed by atoms with Gasteiger partial charge in [-0.1, -0.05) is 11.6 Å². The predicted molar refractivity (Wildman–Crippen MR) is 77.7 cm³/mol. The van der Waals surface area contributed by atoms with Crippen LogP contribution in [0.25, 0.3) is 11.0 Å². The van der Waals surface area contributed by atoms with Crippen molar-refractivity contribution in [3.8, 4) is 0 Å². The second-order valence-electron chi connectivity index (χ2n) is 4.49. The van der Waals surface area contributed by atoms with Gasteiger partial charge >= 0.3 is 0 Å². The Balaban J connectivity index is 2.54. The number of benzene rings is 1. The van der Waals surface area contributed by atoms with E-state index in [1.807, 2.05) is 29.7 Å². The number of aromatic nitrogens is 2. The lowest BCUT2D eigenvalue weighted by atomic mass is 10.2. The number of nitrogens with two attached hydrogens (primary N) is 1. The van der Waals surface area contributed by atoms with E-state index < -0.39 is 0 Å². The number of carbonyl (C=O) groups is 1. The molecule has 1 aromatic carbocycles. The van der Waals surface area contributed by atoms with Crippen LogP contribution in [0, 0.1) is 0 Å². The fourth-order valence-electron chi connectivity index (χ4n) is 2.26. The fourth-order valence-corrected chi connectivity index (χ4v) is 2.59. The summed E-state index contributed by atoms with van der Waals surface area (Å²) < 4.78 is 2.01. The van der Waals surface area contributed by atoms with Crippen molar-refractivity contribution >= 4 is 40.1 Å². The second-order valence-corrected chi connectivity index (χ2v) is 5.30. The third-order valence-corrected chi connectivity index (χ3v) is 3.40. The normalized spacial score (nSPS) is 12.8. The van der Waals surface area contributed by atoms with E-state index in [0.29, 0.717) is 17.3 Å². The lowest BCUT2D eigenvalue weighted by molar-refractivity contribution is -0.118. The van der Waals surface area contributed by atoms with Crippen molar-refractivity contribution in [1.29, 1.82) is 0 Å². The zero-order chi connectivity index (χ0) is 14.0. The number of alkyl halides is 1. The van der Waals surface area contributed by atoms with Gasteiger partial charge in [0.05, 0.1) is 11.0 Å². The number of nitrogens with zero attached hydrogens (tertiary/aromatic N) is 2. The molecular formula is C13H15Cl2N3O. The molecule has 1 atom stereocenters. The Bertz CT molecular complexity index is 609. The lowest BCUT2D eigenvalue weighted by Crippen LogP contribution is -2.19. The van der Waals surface area contributed by atoms with Crippen LogP contribution in [0.2, 0.25) is 5.02 Å². The Hall–Kier alpha value is -1.26. The van der Waals surface area contributed by atoms with Crippen molar-refractivity contribution < 1.29 is 4.79 Å². The van der Waals surface area contributed by atoms with Crippen LogP contribution in [0.4, 0.5) is 0 Å². The van der Waals surface area contributed by atoms with E-state index in [2.05, 4.69) is 4.98 Å². The SMILES string of the molecule is CC(CC(N)=O)n1c(CCCl)nc2cc(Cl)ccc21. The van der Waals surface area contributed by atoms with Crippen molar-refractivity contribution in [3.05, 3.63) is 29.0 Å². The van der Waals surface area contributed by atoms with Crippen LogP contribution in [-0.2, 0) is 11.2 Å². The van der Waals surface area contributed by atoms with Gasteiger partial charge in [0, 0.05) is 29.8 Å². The third-order valence-electron chi connectivity index (χ3n) is 2.98. The van der Waals surface area contributed by atoms with Gasteiger partial charge in [-0.05, 0) is 25.1 Å². The molecule has 19 heavy (non-hydrogen) atoms. The molecule has 0 spiro atoms. The molecule has 1 aromatic heterocycles. The molecule has 0 saturated heterocycles. The largest absolute Gasteiger partial charge is 0.370 e. The minimum atomic E-state index is -0.333. The van der Waals surface area contributed by atoms with Crippen LogP contribution >= 0.6 is 23.2 Å². The molecular weight excluding hydrogens is 285 g/mol. The highest BCUT2D eigenvalue weighted by Gasteiger charge is 2.17. The molecule has 1 unspecified atom stereocenters. The molecule has 1 heterocycles. The van der Waals surface area contributed by atoms with Gasteiger partial charge in [-0.25, -0.2) is 4.98 Å². The first kappa shape index (κ1) is 14.2. The number of rotatable bonds is 5. The summed E-state index contributed by atoms with van der Waals surface area (Å²) in [7, 11) is 0. The van der Waals surface area contributed by atoms with Crippen LogP contribution < -0.4 is 5.73 Å². The molecule has 0 bridgehead atoms. The molecule has 0 radical (unpaired) electrons. The number of primary amides is 1. The smallest absolute Gasteiger partial charge is 0.219 e. The summed E-state index contributed by atoms with van der Waals surface area (Å²) in [6.45, 7) is 1.94. The van der Waals surface area contributed by atoms with E-state index in [-0.39, 0.29) is 18.4 Å². The van der Waals surface area contributed by atoms with Crippen LogP contribution in [0.3, 0.4) is 0 Å². The molecule has 2 rings (SSSR count). The summed E-state index contributed by atoms with van der Waals surface area (Å²) >= 11 is 11.8. The first-order valence-electron chi connectivity index (χ1n) is 6.03. The van der Waals surface area contributed by atoms with Gasteiger partial charge in [-0.3, -0.25) is 4.79 Å². The Labute approximate surface area is 121 Å². The molecule has 0 aliphatic carbocycles. The predicted octanol–water partition coefficient (Wildman–Crippen LogP) is 2.91. The number of imidazole rings is 1. The maximum Gasteiger partial charge on any atom is 0.219 e. The molecule has 0 aliphatic heterocycles. The number of halogens is 2. The minimum absolute atomic E-state index is 0.0538. The topological polar surface area (TPSA) is 60.9 Å². The zero-order valence-corrected chi connectivity index (χ0v) is 12.1. The minimum Gasteiger partial charge on any atom is -0.370 e. The number of carbonyl (C=O) groups excluding carboxylic acids is 1. The fraction of sp³-hybridized carbons (Fsp3) is 0.385. The monoisotopic (exact) mass is 299 g/mol. The number of hydrogen-bond acceptors (Lipinski definition) is 2. The van der Waals surface area contributed by atoms with Gasteiger partial charge in [-0.15, -0.1) is 11.6 Å². The molecule has 6 heteroatoms. The van der Waals surface area contributed by atoms with E-state index in [9.17, 15) is 4.79 Å².